The third kappa shape index (κ3) is 30.1. The van der Waals surface area contributed by atoms with Gasteiger partial charge in [-0.05, 0) is 19.3 Å². The van der Waals surface area contributed by atoms with E-state index in [0.29, 0.717) is 19.4 Å². The number of ether oxygens (including phenoxy) is 1. The fourth-order valence-electron chi connectivity index (χ4n) is 5.28. The van der Waals surface area contributed by atoms with Gasteiger partial charge in [-0.1, -0.05) is 161 Å². The summed E-state index contributed by atoms with van der Waals surface area (Å²) in [6.07, 6.45) is 33.3. The van der Waals surface area contributed by atoms with Gasteiger partial charge in [-0.15, -0.1) is 0 Å². The number of hydrogen-bond acceptors (Lipinski definition) is 5. The molecule has 0 aliphatic heterocycles. The standard InChI is InChI=1S/C34H69NO4/c1-2-3-4-5-6-7-8-10-13-16-19-22-25-28-33(37)32(35)31-39-34(38)29-26-23-20-17-14-11-9-12-15-18-21-24-27-30-36/h32-33,36-37H,2-31,35H2,1H3. The number of unbranched alkanes of at least 4 members (excludes halogenated alkanes) is 24. The SMILES string of the molecule is CCCCCCCCCCCCCCCC(O)C(N)COC(=O)CCCCCCCCCCCCCCCO. The Bertz CT molecular complexity index is 488. The van der Waals surface area contributed by atoms with E-state index in [0.717, 1.165) is 32.1 Å². The molecule has 2 unspecified atom stereocenters. The van der Waals surface area contributed by atoms with Crippen LogP contribution in [0.2, 0.25) is 0 Å². The van der Waals surface area contributed by atoms with Gasteiger partial charge in [0.05, 0.1) is 12.1 Å². The number of carbonyl (C=O) groups excluding carboxylic acids is 1. The molecule has 5 nitrogen and oxygen atoms in total. The molecule has 0 heterocycles. The predicted molar refractivity (Wildman–Crippen MR) is 167 cm³/mol. The number of rotatable bonds is 32. The van der Waals surface area contributed by atoms with Gasteiger partial charge in [0.2, 0.25) is 0 Å². The van der Waals surface area contributed by atoms with Crippen LogP contribution in [0.4, 0.5) is 0 Å². The molecule has 0 aromatic heterocycles. The maximum absolute atomic E-state index is 12.0. The minimum atomic E-state index is -0.586. The van der Waals surface area contributed by atoms with Crippen molar-refractivity contribution in [3.05, 3.63) is 0 Å². The molecular formula is C34H69NO4. The number of aliphatic hydroxyl groups excluding tert-OH is 2. The Hall–Kier alpha value is -0.650. The highest BCUT2D eigenvalue weighted by Crippen LogP contribution is 2.15. The molecule has 0 radical (unpaired) electrons. The van der Waals surface area contributed by atoms with Crippen molar-refractivity contribution in [2.75, 3.05) is 13.2 Å². The fraction of sp³-hybridized carbons (Fsp3) is 0.971. The maximum Gasteiger partial charge on any atom is 0.305 e. The molecule has 0 aliphatic carbocycles. The van der Waals surface area contributed by atoms with Crippen molar-refractivity contribution in [2.45, 2.75) is 199 Å². The summed E-state index contributed by atoms with van der Waals surface area (Å²) < 4.78 is 5.32. The van der Waals surface area contributed by atoms with Crippen LogP contribution in [0.5, 0.6) is 0 Å². The van der Waals surface area contributed by atoms with Gasteiger partial charge in [0.15, 0.2) is 0 Å². The van der Waals surface area contributed by atoms with Crippen molar-refractivity contribution in [1.29, 1.82) is 0 Å². The summed E-state index contributed by atoms with van der Waals surface area (Å²) in [4.78, 5) is 12.0. The van der Waals surface area contributed by atoms with E-state index in [-0.39, 0.29) is 12.6 Å². The Kier molecular flexibility index (Phi) is 31.3. The van der Waals surface area contributed by atoms with Crippen molar-refractivity contribution in [3.63, 3.8) is 0 Å². The highest BCUT2D eigenvalue weighted by Gasteiger charge is 2.16. The zero-order valence-electron chi connectivity index (χ0n) is 26.2. The van der Waals surface area contributed by atoms with Crippen LogP contribution < -0.4 is 5.73 Å². The van der Waals surface area contributed by atoms with Crippen LogP contribution in [0.15, 0.2) is 0 Å². The van der Waals surface area contributed by atoms with E-state index < -0.39 is 12.1 Å². The van der Waals surface area contributed by atoms with Gasteiger partial charge in [0, 0.05) is 13.0 Å². The van der Waals surface area contributed by atoms with Gasteiger partial charge >= 0.3 is 5.97 Å². The molecule has 2 atom stereocenters. The Labute approximate surface area is 243 Å². The normalized spacial score (nSPS) is 13.0. The third-order valence-corrected chi connectivity index (χ3v) is 8.07. The van der Waals surface area contributed by atoms with Gasteiger partial charge in [0.1, 0.15) is 6.61 Å². The molecular weight excluding hydrogens is 486 g/mol. The summed E-state index contributed by atoms with van der Waals surface area (Å²) in [6.45, 7) is 2.73. The van der Waals surface area contributed by atoms with E-state index in [2.05, 4.69) is 6.92 Å². The summed E-state index contributed by atoms with van der Waals surface area (Å²) >= 11 is 0. The lowest BCUT2D eigenvalue weighted by Crippen LogP contribution is -2.39. The summed E-state index contributed by atoms with van der Waals surface area (Å²) in [7, 11) is 0. The second-order valence-electron chi connectivity index (χ2n) is 12.0. The molecule has 5 heteroatoms. The quantitative estimate of drug-likeness (QED) is 0.0568. The summed E-state index contributed by atoms with van der Waals surface area (Å²) in [5.74, 6) is -0.183. The van der Waals surface area contributed by atoms with E-state index in [9.17, 15) is 9.90 Å². The average Bonchev–Trinajstić information content (AvgIpc) is 2.94. The van der Waals surface area contributed by atoms with Crippen LogP contribution in [-0.2, 0) is 9.53 Å². The number of aliphatic hydroxyl groups is 2. The van der Waals surface area contributed by atoms with E-state index in [1.807, 2.05) is 0 Å². The Balaban J connectivity index is 3.40. The molecule has 0 saturated heterocycles. The van der Waals surface area contributed by atoms with Crippen molar-refractivity contribution >= 4 is 5.97 Å². The van der Waals surface area contributed by atoms with Crippen molar-refractivity contribution in [2.24, 2.45) is 5.73 Å². The van der Waals surface area contributed by atoms with Crippen molar-refractivity contribution < 1.29 is 19.7 Å². The zero-order valence-corrected chi connectivity index (χ0v) is 26.2. The second kappa shape index (κ2) is 31.9. The molecule has 0 aliphatic rings. The van der Waals surface area contributed by atoms with Crippen LogP contribution in [0, 0.1) is 0 Å². The molecule has 234 valence electrons. The van der Waals surface area contributed by atoms with Crippen molar-refractivity contribution in [3.8, 4) is 0 Å². The summed E-state index contributed by atoms with van der Waals surface area (Å²) in [5.41, 5.74) is 6.06. The van der Waals surface area contributed by atoms with Crippen molar-refractivity contribution in [1.82, 2.24) is 0 Å². The second-order valence-corrected chi connectivity index (χ2v) is 12.0. The van der Waals surface area contributed by atoms with Crippen LogP contribution in [0.1, 0.15) is 187 Å². The first-order valence-corrected chi connectivity index (χ1v) is 17.3. The highest BCUT2D eigenvalue weighted by atomic mass is 16.5. The first kappa shape index (κ1) is 38.4. The number of esters is 1. The molecule has 4 N–H and O–H groups in total. The first-order chi connectivity index (χ1) is 19.1. The molecule has 0 fully saturated rings. The number of hydrogen-bond donors (Lipinski definition) is 3. The Morgan fingerprint density at radius 3 is 1.36 bits per heavy atom. The third-order valence-electron chi connectivity index (χ3n) is 8.07. The predicted octanol–water partition coefficient (Wildman–Crippen LogP) is 9.15. The van der Waals surface area contributed by atoms with E-state index >= 15 is 0 Å². The largest absolute Gasteiger partial charge is 0.464 e. The van der Waals surface area contributed by atoms with E-state index in [1.54, 1.807) is 0 Å². The molecule has 0 bridgehead atoms. The van der Waals surface area contributed by atoms with Gasteiger partial charge in [-0.25, -0.2) is 0 Å². The minimum Gasteiger partial charge on any atom is -0.464 e. The maximum atomic E-state index is 12.0. The van der Waals surface area contributed by atoms with Crippen LogP contribution in [0.3, 0.4) is 0 Å². The van der Waals surface area contributed by atoms with Gasteiger partial charge in [-0.3, -0.25) is 4.79 Å². The molecule has 39 heavy (non-hydrogen) atoms. The van der Waals surface area contributed by atoms with Crippen LogP contribution in [0.25, 0.3) is 0 Å². The number of nitrogens with two attached hydrogens (primary N) is 1. The summed E-state index contributed by atoms with van der Waals surface area (Å²) in [6, 6.07) is -0.480. The van der Waals surface area contributed by atoms with E-state index in [4.69, 9.17) is 15.6 Å². The Morgan fingerprint density at radius 2 is 0.949 bits per heavy atom. The van der Waals surface area contributed by atoms with Gasteiger partial charge in [0.25, 0.3) is 0 Å². The highest BCUT2D eigenvalue weighted by molar-refractivity contribution is 5.69. The molecule has 0 spiro atoms. The summed E-state index contributed by atoms with van der Waals surface area (Å²) in [5, 5.41) is 19.1. The smallest absolute Gasteiger partial charge is 0.305 e. The Morgan fingerprint density at radius 1 is 0.590 bits per heavy atom. The van der Waals surface area contributed by atoms with Gasteiger partial charge in [-0.2, -0.15) is 0 Å². The molecule has 0 amide bonds. The van der Waals surface area contributed by atoms with Crippen LogP contribution >= 0.6 is 0 Å². The monoisotopic (exact) mass is 556 g/mol. The van der Waals surface area contributed by atoms with E-state index in [1.165, 1.54) is 135 Å². The molecule has 0 saturated carbocycles. The molecule has 0 aromatic rings. The average molecular weight is 556 g/mol. The fourth-order valence-corrected chi connectivity index (χ4v) is 5.28. The van der Waals surface area contributed by atoms with Crippen LogP contribution in [-0.4, -0.2) is 41.5 Å². The molecule has 0 aromatic carbocycles. The minimum absolute atomic E-state index is 0.125. The lowest BCUT2D eigenvalue weighted by atomic mass is 10.0. The lowest BCUT2D eigenvalue weighted by molar-refractivity contribution is -0.145. The topological polar surface area (TPSA) is 92.8 Å². The number of carbonyl (C=O) groups is 1. The first-order valence-electron chi connectivity index (χ1n) is 17.3. The lowest BCUT2D eigenvalue weighted by Gasteiger charge is -2.18. The molecule has 0 rings (SSSR count). The van der Waals surface area contributed by atoms with Gasteiger partial charge < -0.3 is 20.7 Å². The zero-order chi connectivity index (χ0) is 28.7.